The van der Waals surface area contributed by atoms with Gasteiger partial charge in [0.25, 0.3) is 0 Å². The van der Waals surface area contributed by atoms with E-state index in [0.717, 1.165) is 0 Å². The van der Waals surface area contributed by atoms with Crippen LogP contribution in [0.15, 0.2) is 0 Å². The highest BCUT2D eigenvalue weighted by molar-refractivity contribution is 5.51. The van der Waals surface area contributed by atoms with Gasteiger partial charge in [0.15, 0.2) is 5.60 Å². The van der Waals surface area contributed by atoms with Gasteiger partial charge in [-0.1, -0.05) is 0 Å². The molecule has 1 N–H and O–H groups in total. The normalized spacial score (nSPS) is 18.1. The van der Waals surface area contributed by atoms with E-state index < -0.39 is 18.2 Å². The lowest BCUT2D eigenvalue weighted by Crippen LogP contribution is -2.42. The van der Waals surface area contributed by atoms with Gasteiger partial charge >= 0.3 is 6.18 Å². The van der Waals surface area contributed by atoms with Crippen LogP contribution in [0.1, 0.15) is 13.3 Å². The molecule has 0 unspecified atom stereocenters. The van der Waals surface area contributed by atoms with E-state index in [9.17, 15) is 18.0 Å². The molecule has 5 heteroatoms. The quantitative estimate of drug-likeness (QED) is 0.603. The highest BCUT2D eigenvalue weighted by Gasteiger charge is 2.49. The summed E-state index contributed by atoms with van der Waals surface area (Å²) in [5, 5.41) is 8.49. The molecule has 0 aliphatic rings. The number of hydrogen-bond donors (Lipinski definition) is 1. The summed E-state index contributed by atoms with van der Waals surface area (Å²) >= 11 is 0. The van der Waals surface area contributed by atoms with Gasteiger partial charge in [0.05, 0.1) is 0 Å². The molecule has 1 atom stereocenters. The first-order valence-corrected chi connectivity index (χ1v) is 2.54. The van der Waals surface area contributed by atoms with Gasteiger partial charge in [0, 0.05) is 6.42 Å². The molecule has 0 bridgehead atoms. The number of halogens is 3. The Morgan fingerprint density at radius 3 is 2.00 bits per heavy atom. The minimum Gasteiger partial charge on any atom is -0.380 e. The monoisotopic (exact) mass is 156 g/mol. The maximum atomic E-state index is 11.6. The molecular formula is C5H7F3O2. The zero-order valence-corrected chi connectivity index (χ0v) is 5.27. The summed E-state index contributed by atoms with van der Waals surface area (Å²) in [7, 11) is 0. The Balaban J connectivity index is 4.23. The van der Waals surface area contributed by atoms with Gasteiger partial charge in [-0.05, 0) is 6.92 Å². The van der Waals surface area contributed by atoms with Crippen molar-refractivity contribution in [2.24, 2.45) is 0 Å². The molecule has 0 rings (SSSR count). The summed E-state index contributed by atoms with van der Waals surface area (Å²) < 4.78 is 34.8. The van der Waals surface area contributed by atoms with Crippen LogP contribution in [0.25, 0.3) is 0 Å². The molecule has 0 amide bonds. The molecule has 0 aliphatic heterocycles. The standard InChI is InChI=1S/C5H7F3O2/c1-4(10,2-3-9)5(6,7)8/h3,10H,2H2,1H3/t4-/m0/s1. The fourth-order valence-corrected chi connectivity index (χ4v) is 0.278. The Kier molecular flexibility index (Phi) is 2.42. The Bertz CT molecular complexity index is 127. The van der Waals surface area contributed by atoms with Gasteiger partial charge in [-0.25, -0.2) is 0 Å². The van der Waals surface area contributed by atoms with E-state index in [1.54, 1.807) is 0 Å². The van der Waals surface area contributed by atoms with Crippen molar-refractivity contribution in [2.45, 2.75) is 25.1 Å². The first-order valence-electron chi connectivity index (χ1n) is 2.54. The van der Waals surface area contributed by atoms with Crippen LogP contribution in [-0.4, -0.2) is 23.2 Å². The van der Waals surface area contributed by atoms with Gasteiger partial charge in [-0.15, -0.1) is 0 Å². The van der Waals surface area contributed by atoms with Crippen LogP contribution in [0.4, 0.5) is 13.2 Å². The molecule has 0 aliphatic carbocycles. The summed E-state index contributed by atoms with van der Waals surface area (Å²) in [5.41, 5.74) is -2.88. The first kappa shape index (κ1) is 9.42. The van der Waals surface area contributed by atoms with E-state index in [1.165, 1.54) is 0 Å². The number of alkyl halides is 3. The third-order valence-electron chi connectivity index (χ3n) is 1.09. The lowest BCUT2D eigenvalue weighted by atomic mass is 10.0. The Labute approximate surface area is 55.7 Å². The number of carbonyl (C=O) groups excluding carboxylic acids is 1. The number of hydrogen-bond acceptors (Lipinski definition) is 2. The van der Waals surface area contributed by atoms with Crippen molar-refractivity contribution in [1.82, 2.24) is 0 Å². The van der Waals surface area contributed by atoms with Gasteiger partial charge in [0.2, 0.25) is 0 Å². The van der Waals surface area contributed by atoms with Crippen LogP contribution in [0, 0.1) is 0 Å². The molecule has 0 spiro atoms. The largest absolute Gasteiger partial charge is 0.417 e. The highest BCUT2D eigenvalue weighted by atomic mass is 19.4. The molecule has 0 radical (unpaired) electrons. The predicted molar refractivity (Wildman–Crippen MR) is 27.4 cm³/mol. The molecular weight excluding hydrogens is 149 g/mol. The molecule has 60 valence electrons. The van der Waals surface area contributed by atoms with Crippen molar-refractivity contribution in [2.75, 3.05) is 0 Å². The summed E-state index contributed by atoms with van der Waals surface area (Å²) in [4.78, 5) is 9.61. The molecule has 10 heavy (non-hydrogen) atoms. The lowest BCUT2D eigenvalue weighted by molar-refractivity contribution is -0.252. The van der Waals surface area contributed by atoms with E-state index in [0.29, 0.717) is 6.92 Å². The number of aliphatic hydroxyl groups is 1. The van der Waals surface area contributed by atoms with Gasteiger partial charge in [-0.2, -0.15) is 13.2 Å². The second kappa shape index (κ2) is 2.57. The van der Waals surface area contributed by atoms with Crippen LogP contribution in [0.2, 0.25) is 0 Å². The number of aldehydes is 1. The molecule has 0 saturated heterocycles. The highest BCUT2D eigenvalue weighted by Crippen LogP contribution is 2.31. The van der Waals surface area contributed by atoms with Crippen LogP contribution in [-0.2, 0) is 4.79 Å². The summed E-state index contributed by atoms with van der Waals surface area (Å²) in [6.07, 6.45) is -5.61. The molecule has 2 nitrogen and oxygen atoms in total. The predicted octanol–water partition coefficient (Wildman–Crippen LogP) is 0.889. The second-order valence-electron chi connectivity index (χ2n) is 2.14. The van der Waals surface area contributed by atoms with Crippen LogP contribution in [0.3, 0.4) is 0 Å². The average Bonchev–Trinajstić information content (AvgIpc) is 1.61. The SMILES string of the molecule is C[C@](O)(CC=O)C(F)(F)F. The van der Waals surface area contributed by atoms with Gasteiger partial charge in [0.1, 0.15) is 6.29 Å². The fraction of sp³-hybridized carbons (Fsp3) is 0.800. The molecule has 0 saturated carbocycles. The number of rotatable bonds is 2. The van der Waals surface area contributed by atoms with Gasteiger partial charge < -0.3 is 9.90 Å². The van der Waals surface area contributed by atoms with Crippen molar-refractivity contribution in [3.05, 3.63) is 0 Å². The fourth-order valence-electron chi connectivity index (χ4n) is 0.278. The maximum absolute atomic E-state index is 11.6. The Morgan fingerprint density at radius 2 is 1.90 bits per heavy atom. The number of carbonyl (C=O) groups is 1. The van der Waals surface area contributed by atoms with E-state index in [4.69, 9.17) is 5.11 Å². The van der Waals surface area contributed by atoms with Crippen molar-refractivity contribution in [3.8, 4) is 0 Å². The Hall–Kier alpha value is -0.580. The maximum Gasteiger partial charge on any atom is 0.417 e. The van der Waals surface area contributed by atoms with Crippen molar-refractivity contribution >= 4 is 6.29 Å². The van der Waals surface area contributed by atoms with Crippen molar-refractivity contribution in [1.29, 1.82) is 0 Å². The van der Waals surface area contributed by atoms with Crippen LogP contribution < -0.4 is 0 Å². The third kappa shape index (κ3) is 1.98. The van der Waals surface area contributed by atoms with Crippen molar-refractivity contribution < 1.29 is 23.1 Å². The molecule has 0 aromatic heterocycles. The molecule has 0 aromatic rings. The smallest absolute Gasteiger partial charge is 0.380 e. The van der Waals surface area contributed by atoms with Gasteiger partial charge in [-0.3, -0.25) is 0 Å². The van der Waals surface area contributed by atoms with E-state index in [-0.39, 0.29) is 6.29 Å². The molecule has 0 heterocycles. The van der Waals surface area contributed by atoms with Crippen LogP contribution in [0.5, 0.6) is 0 Å². The second-order valence-corrected chi connectivity index (χ2v) is 2.14. The van der Waals surface area contributed by atoms with Crippen molar-refractivity contribution in [3.63, 3.8) is 0 Å². The first-order chi connectivity index (χ1) is 4.31. The third-order valence-corrected chi connectivity index (χ3v) is 1.09. The van der Waals surface area contributed by atoms with E-state index >= 15 is 0 Å². The van der Waals surface area contributed by atoms with E-state index in [2.05, 4.69) is 0 Å². The summed E-state index contributed by atoms with van der Waals surface area (Å²) in [6.45, 7) is 0.557. The summed E-state index contributed by atoms with van der Waals surface area (Å²) in [6, 6.07) is 0. The molecule has 0 fully saturated rings. The zero-order chi connectivity index (χ0) is 8.41. The zero-order valence-electron chi connectivity index (χ0n) is 5.27. The van der Waals surface area contributed by atoms with E-state index in [1.807, 2.05) is 0 Å². The summed E-state index contributed by atoms with van der Waals surface area (Å²) in [5.74, 6) is 0. The topological polar surface area (TPSA) is 37.3 Å². The van der Waals surface area contributed by atoms with Crippen LogP contribution >= 0.6 is 0 Å². The molecule has 0 aromatic carbocycles. The Morgan fingerprint density at radius 1 is 1.50 bits per heavy atom. The average molecular weight is 156 g/mol. The minimum absolute atomic E-state index is 0.0352. The minimum atomic E-state index is -4.73. The lowest BCUT2D eigenvalue weighted by Gasteiger charge is -2.23.